The second-order valence-electron chi connectivity index (χ2n) is 3.99. The summed E-state index contributed by atoms with van der Waals surface area (Å²) in [6.07, 6.45) is 0. The Morgan fingerprint density at radius 2 is 1.79 bits per heavy atom. The van der Waals surface area contributed by atoms with Crippen molar-refractivity contribution < 1.29 is 14.6 Å². The van der Waals surface area contributed by atoms with Crippen LogP contribution in [0.1, 0.15) is 15.9 Å². The molecule has 0 saturated heterocycles. The fraction of sp³-hybridized carbons (Fsp3) is 0.133. The molecule has 2 aromatic rings. The van der Waals surface area contributed by atoms with Gasteiger partial charge in [0.1, 0.15) is 19.0 Å². The lowest BCUT2D eigenvalue weighted by Gasteiger charge is -2.10. The molecule has 2 aromatic carbocycles. The molecule has 0 heterocycles. The third kappa shape index (κ3) is 3.56. The Hall–Kier alpha value is -1.84. The first-order valence-electron chi connectivity index (χ1n) is 5.81. The molecule has 19 heavy (non-hydrogen) atoms. The highest BCUT2D eigenvalue weighted by molar-refractivity contribution is 6.30. The van der Waals surface area contributed by atoms with Crippen molar-refractivity contribution in [3.8, 4) is 5.75 Å². The van der Waals surface area contributed by atoms with Crippen molar-refractivity contribution in [2.24, 2.45) is 0 Å². The van der Waals surface area contributed by atoms with Crippen molar-refractivity contribution in [2.45, 2.75) is 6.61 Å². The van der Waals surface area contributed by atoms with Gasteiger partial charge in [0.15, 0.2) is 5.78 Å². The number of ether oxygens (including phenoxy) is 1. The molecule has 0 aliphatic carbocycles. The van der Waals surface area contributed by atoms with Gasteiger partial charge < -0.3 is 9.84 Å². The molecule has 4 heteroatoms. The van der Waals surface area contributed by atoms with E-state index in [-0.39, 0.29) is 5.78 Å². The van der Waals surface area contributed by atoms with Crippen molar-refractivity contribution in [1.82, 2.24) is 0 Å². The molecule has 0 amide bonds. The zero-order valence-corrected chi connectivity index (χ0v) is 10.9. The molecular weight excluding hydrogens is 264 g/mol. The van der Waals surface area contributed by atoms with Gasteiger partial charge in [0.2, 0.25) is 0 Å². The van der Waals surface area contributed by atoms with Crippen LogP contribution in [0.2, 0.25) is 5.02 Å². The summed E-state index contributed by atoms with van der Waals surface area (Å²) >= 11 is 5.80. The highest BCUT2D eigenvalue weighted by atomic mass is 35.5. The summed E-state index contributed by atoms with van der Waals surface area (Å²) in [5.74, 6) is 0.114. The maximum atomic E-state index is 11.5. The third-order valence-corrected chi connectivity index (χ3v) is 2.89. The van der Waals surface area contributed by atoms with Crippen LogP contribution in [-0.2, 0) is 6.61 Å². The summed E-state index contributed by atoms with van der Waals surface area (Å²) in [5, 5.41) is 9.57. The van der Waals surface area contributed by atoms with E-state index in [0.29, 0.717) is 22.9 Å². The molecule has 0 fully saturated rings. The maximum Gasteiger partial charge on any atom is 0.191 e. The standard InChI is InChI=1S/C15H13ClO3/c16-12-7-5-11(6-8-12)10-19-15-4-2-1-3-13(15)14(18)9-17/h1-8,17H,9-10H2. The van der Waals surface area contributed by atoms with Crippen LogP contribution in [0.4, 0.5) is 0 Å². The molecule has 2 rings (SSSR count). The van der Waals surface area contributed by atoms with Crippen molar-refractivity contribution in [3.05, 3.63) is 64.7 Å². The van der Waals surface area contributed by atoms with Gasteiger partial charge in [0.25, 0.3) is 0 Å². The van der Waals surface area contributed by atoms with Crippen LogP contribution >= 0.6 is 11.6 Å². The average molecular weight is 277 g/mol. The molecule has 0 saturated carbocycles. The number of aliphatic hydroxyl groups excluding tert-OH is 1. The van der Waals surface area contributed by atoms with Crippen molar-refractivity contribution in [3.63, 3.8) is 0 Å². The number of hydrogen-bond acceptors (Lipinski definition) is 3. The molecule has 0 radical (unpaired) electrons. The molecule has 0 aliphatic heterocycles. The molecule has 0 atom stereocenters. The Kier molecular flexibility index (Phi) is 4.55. The van der Waals surface area contributed by atoms with E-state index in [1.54, 1.807) is 36.4 Å². The summed E-state index contributed by atoms with van der Waals surface area (Å²) in [6.45, 7) is -0.186. The number of carbonyl (C=O) groups is 1. The first-order valence-corrected chi connectivity index (χ1v) is 6.19. The van der Waals surface area contributed by atoms with Gasteiger partial charge in [-0.1, -0.05) is 35.9 Å². The Labute approximate surface area is 116 Å². The predicted molar refractivity (Wildman–Crippen MR) is 73.6 cm³/mol. The van der Waals surface area contributed by atoms with Gasteiger partial charge in [0.05, 0.1) is 5.56 Å². The third-order valence-electron chi connectivity index (χ3n) is 2.64. The Bertz CT molecular complexity index is 564. The molecule has 0 aromatic heterocycles. The van der Waals surface area contributed by atoms with Crippen LogP contribution in [0.25, 0.3) is 0 Å². The van der Waals surface area contributed by atoms with E-state index in [9.17, 15) is 4.79 Å². The minimum Gasteiger partial charge on any atom is -0.488 e. The fourth-order valence-electron chi connectivity index (χ4n) is 1.65. The number of Topliss-reactive ketones (excluding diaryl/α,β-unsaturated/α-hetero) is 1. The normalized spacial score (nSPS) is 10.2. The van der Waals surface area contributed by atoms with Crippen LogP contribution in [0.5, 0.6) is 5.75 Å². The lowest BCUT2D eigenvalue weighted by atomic mass is 10.1. The zero-order chi connectivity index (χ0) is 13.7. The minimum absolute atomic E-state index is 0.340. The van der Waals surface area contributed by atoms with E-state index in [4.69, 9.17) is 21.4 Å². The highest BCUT2D eigenvalue weighted by Crippen LogP contribution is 2.20. The number of carbonyl (C=O) groups excluding carboxylic acids is 1. The maximum absolute atomic E-state index is 11.5. The van der Waals surface area contributed by atoms with E-state index in [1.807, 2.05) is 12.1 Å². The number of halogens is 1. The second kappa shape index (κ2) is 6.36. The van der Waals surface area contributed by atoms with E-state index < -0.39 is 6.61 Å². The van der Waals surface area contributed by atoms with Gasteiger partial charge in [-0.15, -0.1) is 0 Å². The summed E-state index contributed by atoms with van der Waals surface area (Å²) in [7, 11) is 0. The van der Waals surface area contributed by atoms with E-state index in [0.717, 1.165) is 5.56 Å². The molecule has 0 unspecified atom stereocenters. The van der Waals surface area contributed by atoms with Crippen molar-refractivity contribution in [1.29, 1.82) is 0 Å². The number of hydrogen-bond donors (Lipinski definition) is 1. The quantitative estimate of drug-likeness (QED) is 0.854. The van der Waals surface area contributed by atoms with Gasteiger partial charge >= 0.3 is 0 Å². The number of para-hydroxylation sites is 1. The lowest BCUT2D eigenvalue weighted by Crippen LogP contribution is -2.07. The van der Waals surface area contributed by atoms with Crippen LogP contribution in [-0.4, -0.2) is 17.5 Å². The molecule has 0 spiro atoms. The molecule has 0 aliphatic rings. The van der Waals surface area contributed by atoms with Crippen LogP contribution in [0.15, 0.2) is 48.5 Å². The molecular formula is C15H13ClO3. The average Bonchev–Trinajstić information content (AvgIpc) is 2.46. The van der Waals surface area contributed by atoms with Gasteiger partial charge in [-0.3, -0.25) is 4.79 Å². The van der Waals surface area contributed by atoms with Crippen molar-refractivity contribution >= 4 is 17.4 Å². The first-order chi connectivity index (χ1) is 9.20. The Balaban J connectivity index is 2.11. The summed E-state index contributed by atoms with van der Waals surface area (Å²) < 4.78 is 5.61. The molecule has 0 bridgehead atoms. The molecule has 1 N–H and O–H groups in total. The number of aliphatic hydroxyl groups is 1. The predicted octanol–water partition coefficient (Wildman–Crippen LogP) is 3.09. The zero-order valence-electron chi connectivity index (χ0n) is 10.2. The number of benzene rings is 2. The van der Waals surface area contributed by atoms with Gasteiger partial charge in [-0.2, -0.15) is 0 Å². The molecule has 98 valence electrons. The smallest absolute Gasteiger partial charge is 0.191 e. The largest absolute Gasteiger partial charge is 0.488 e. The van der Waals surface area contributed by atoms with E-state index in [1.165, 1.54) is 0 Å². The summed E-state index contributed by atoms with van der Waals surface area (Å²) in [6, 6.07) is 14.1. The number of ketones is 1. The van der Waals surface area contributed by atoms with E-state index in [2.05, 4.69) is 0 Å². The highest BCUT2D eigenvalue weighted by Gasteiger charge is 2.10. The van der Waals surface area contributed by atoms with Gasteiger partial charge in [-0.25, -0.2) is 0 Å². The fourth-order valence-corrected chi connectivity index (χ4v) is 1.78. The monoisotopic (exact) mass is 276 g/mol. The second-order valence-corrected chi connectivity index (χ2v) is 4.43. The minimum atomic E-state index is -0.526. The van der Waals surface area contributed by atoms with Crippen LogP contribution in [0.3, 0.4) is 0 Å². The van der Waals surface area contributed by atoms with Gasteiger partial charge in [-0.05, 0) is 29.8 Å². The summed E-state index contributed by atoms with van der Waals surface area (Å²) in [5.41, 5.74) is 1.34. The van der Waals surface area contributed by atoms with Crippen LogP contribution in [0, 0.1) is 0 Å². The molecule has 3 nitrogen and oxygen atoms in total. The Morgan fingerprint density at radius 3 is 2.47 bits per heavy atom. The lowest BCUT2D eigenvalue weighted by molar-refractivity contribution is 0.0899. The van der Waals surface area contributed by atoms with Gasteiger partial charge in [0, 0.05) is 5.02 Å². The number of rotatable bonds is 5. The SMILES string of the molecule is O=C(CO)c1ccccc1OCc1ccc(Cl)cc1. The summed E-state index contributed by atoms with van der Waals surface area (Å²) in [4.78, 5) is 11.5. The first kappa shape index (κ1) is 13.6. The van der Waals surface area contributed by atoms with E-state index >= 15 is 0 Å². The Morgan fingerprint density at radius 1 is 1.11 bits per heavy atom. The topological polar surface area (TPSA) is 46.5 Å². The van der Waals surface area contributed by atoms with Crippen LogP contribution < -0.4 is 4.74 Å². The van der Waals surface area contributed by atoms with Crippen molar-refractivity contribution in [2.75, 3.05) is 6.61 Å².